The van der Waals surface area contributed by atoms with E-state index in [4.69, 9.17) is 11.6 Å². The zero-order chi connectivity index (χ0) is 14.5. The Kier molecular flexibility index (Phi) is 4.52. The van der Waals surface area contributed by atoms with Crippen molar-refractivity contribution in [1.82, 2.24) is 20.1 Å². The lowest BCUT2D eigenvalue weighted by atomic mass is 10.3. The molecule has 2 aromatic rings. The molecule has 20 heavy (non-hydrogen) atoms. The molecule has 8 heteroatoms. The maximum atomic E-state index is 13.1. The van der Waals surface area contributed by atoms with Crippen LogP contribution in [0.5, 0.6) is 0 Å². The second-order valence-electron chi connectivity index (χ2n) is 4.24. The van der Waals surface area contributed by atoms with Gasteiger partial charge in [-0.1, -0.05) is 11.6 Å². The van der Waals surface area contributed by atoms with Crippen LogP contribution >= 0.6 is 11.6 Å². The van der Waals surface area contributed by atoms with Gasteiger partial charge in [0.1, 0.15) is 18.5 Å². The highest BCUT2D eigenvalue weighted by Crippen LogP contribution is 2.22. The fraction of sp³-hybridized carbons (Fsp3) is 0.250. The summed E-state index contributed by atoms with van der Waals surface area (Å²) < 4.78 is 14.7. The summed E-state index contributed by atoms with van der Waals surface area (Å²) in [6.07, 6.45) is 2.97. The maximum Gasteiger partial charge on any atom is 0.319 e. The van der Waals surface area contributed by atoms with E-state index in [-0.39, 0.29) is 16.8 Å². The predicted molar refractivity (Wildman–Crippen MR) is 73.0 cm³/mol. The van der Waals surface area contributed by atoms with E-state index >= 15 is 0 Å². The van der Waals surface area contributed by atoms with Crippen molar-refractivity contribution >= 4 is 23.3 Å². The summed E-state index contributed by atoms with van der Waals surface area (Å²) in [5.41, 5.74) is 0.220. The van der Waals surface area contributed by atoms with Crippen molar-refractivity contribution < 1.29 is 9.18 Å². The highest BCUT2D eigenvalue weighted by atomic mass is 35.5. The van der Waals surface area contributed by atoms with Crippen molar-refractivity contribution in [1.29, 1.82) is 0 Å². The van der Waals surface area contributed by atoms with Gasteiger partial charge in [-0.3, -0.25) is 4.68 Å². The summed E-state index contributed by atoms with van der Waals surface area (Å²) >= 11 is 5.86. The molecule has 0 radical (unpaired) electrons. The molecule has 1 aromatic heterocycles. The van der Waals surface area contributed by atoms with Crippen LogP contribution in [-0.4, -0.2) is 26.8 Å². The van der Waals surface area contributed by atoms with Gasteiger partial charge in [0.2, 0.25) is 0 Å². The van der Waals surface area contributed by atoms with Crippen LogP contribution in [0.4, 0.5) is 14.9 Å². The molecule has 0 aliphatic rings. The van der Waals surface area contributed by atoms with Gasteiger partial charge in [0.05, 0.1) is 17.3 Å². The molecule has 0 aliphatic carbocycles. The number of nitrogens with one attached hydrogen (secondary N) is 2. The molecule has 1 atom stereocenters. The molecule has 0 aliphatic heterocycles. The van der Waals surface area contributed by atoms with Crippen molar-refractivity contribution in [2.75, 3.05) is 5.32 Å². The number of amides is 2. The first kappa shape index (κ1) is 14.3. The Morgan fingerprint density at radius 2 is 2.35 bits per heavy atom. The van der Waals surface area contributed by atoms with Crippen LogP contribution < -0.4 is 10.6 Å². The monoisotopic (exact) mass is 297 g/mol. The van der Waals surface area contributed by atoms with E-state index in [1.165, 1.54) is 18.5 Å². The van der Waals surface area contributed by atoms with E-state index in [0.717, 1.165) is 6.07 Å². The molecule has 1 unspecified atom stereocenters. The SMILES string of the molecule is CC(Cn1cncn1)NC(=O)Nc1cc(F)ccc1Cl. The number of hydrogen-bond acceptors (Lipinski definition) is 3. The molecule has 2 rings (SSSR count). The summed E-state index contributed by atoms with van der Waals surface area (Å²) in [6, 6.07) is 3.11. The van der Waals surface area contributed by atoms with Crippen LogP contribution in [0.2, 0.25) is 5.02 Å². The van der Waals surface area contributed by atoms with Gasteiger partial charge in [-0.05, 0) is 25.1 Å². The number of anilines is 1. The Bertz CT molecular complexity index is 590. The van der Waals surface area contributed by atoms with E-state index in [9.17, 15) is 9.18 Å². The molecule has 2 amide bonds. The van der Waals surface area contributed by atoms with E-state index in [1.807, 2.05) is 6.92 Å². The Morgan fingerprint density at radius 1 is 1.55 bits per heavy atom. The van der Waals surface area contributed by atoms with Gasteiger partial charge in [-0.15, -0.1) is 0 Å². The Hall–Kier alpha value is -2.15. The molecular formula is C12H13ClFN5O. The van der Waals surface area contributed by atoms with Crippen molar-refractivity contribution in [3.05, 3.63) is 41.7 Å². The minimum absolute atomic E-state index is 0.177. The Morgan fingerprint density at radius 3 is 3.05 bits per heavy atom. The minimum Gasteiger partial charge on any atom is -0.334 e. The summed E-state index contributed by atoms with van der Waals surface area (Å²) in [5.74, 6) is -0.472. The molecule has 1 aromatic carbocycles. The van der Waals surface area contributed by atoms with Gasteiger partial charge in [0.25, 0.3) is 0 Å². The van der Waals surface area contributed by atoms with Crippen LogP contribution in [0, 0.1) is 5.82 Å². The summed E-state index contributed by atoms with van der Waals surface area (Å²) in [5, 5.41) is 9.39. The molecule has 0 saturated heterocycles. The van der Waals surface area contributed by atoms with Crippen molar-refractivity contribution in [3.8, 4) is 0 Å². The highest BCUT2D eigenvalue weighted by molar-refractivity contribution is 6.33. The number of aromatic nitrogens is 3. The average Bonchev–Trinajstić information content (AvgIpc) is 2.86. The van der Waals surface area contributed by atoms with Gasteiger partial charge in [-0.2, -0.15) is 5.10 Å². The van der Waals surface area contributed by atoms with Gasteiger partial charge in [0.15, 0.2) is 0 Å². The lowest BCUT2D eigenvalue weighted by molar-refractivity contribution is 0.247. The third kappa shape index (κ3) is 3.92. The molecule has 6 nitrogen and oxygen atoms in total. The molecule has 0 fully saturated rings. The smallest absolute Gasteiger partial charge is 0.319 e. The van der Waals surface area contributed by atoms with Gasteiger partial charge in [-0.25, -0.2) is 14.2 Å². The Labute approximate surface area is 120 Å². The Balaban J connectivity index is 1.90. The summed E-state index contributed by atoms with van der Waals surface area (Å²) in [7, 11) is 0. The van der Waals surface area contributed by atoms with Crippen molar-refractivity contribution in [3.63, 3.8) is 0 Å². The fourth-order valence-corrected chi connectivity index (χ4v) is 1.79. The van der Waals surface area contributed by atoms with E-state index < -0.39 is 11.8 Å². The standard InChI is InChI=1S/C12H13ClFN5O/c1-8(5-19-7-15-6-16-19)17-12(20)18-11-4-9(14)2-3-10(11)13/h2-4,6-8H,5H2,1H3,(H2,17,18,20). The topological polar surface area (TPSA) is 71.8 Å². The first-order valence-electron chi connectivity index (χ1n) is 5.89. The van der Waals surface area contributed by atoms with Crippen LogP contribution in [0.3, 0.4) is 0 Å². The molecule has 106 valence electrons. The van der Waals surface area contributed by atoms with Crippen LogP contribution in [0.1, 0.15) is 6.92 Å². The number of benzene rings is 1. The largest absolute Gasteiger partial charge is 0.334 e. The van der Waals surface area contributed by atoms with Gasteiger partial charge >= 0.3 is 6.03 Å². The zero-order valence-corrected chi connectivity index (χ0v) is 11.4. The number of carbonyl (C=O) groups excluding carboxylic acids is 1. The van der Waals surface area contributed by atoms with E-state index in [2.05, 4.69) is 20.7 Å². The highest BCUT2D eigenvalue weighted by Gasteiger charge is 2.10. The molecular weight excluding hydrogens is 285 g/mol. The van der Waals surface area contributed by atoms with Crippen molar-refractivity contribution in [2.24, 2.45) is 0 Å². The van der Waals surface area contributed by atoms with E-state index in [1.54, 1.807) is 11.0 Å². The van der Waals surface area contributed by atoms with Crippen LogP contribution in [-0.2, 0) is 6.54 Å². The molecule has 2 N–H and O–H groups in total. The minimum atomic E-state index is -0.472. The lowest BCUT2D eigenvalue weighted by Crippen LogP contribution is -2.38. The van der Waals surface area contributed by atoms with E-state index in [0.29, 0.717) is 6.54 Å². The lowest BCUT2D eigenvalue weighted by Gasteiger charge is -2.15. The molecule has 0 bridgehead atoms. The normalized spacial score (nSPS) is 11.9. The fourth-order valence-electron chi connectivity index (χ4n) is 1.63. The van der Waals surface area contributed by atoms with Gasteiger partial charge in [0, 0.05) is 6.04 Å². The maximum absolute atomic E-state index is 13.1. The second kappa shape index (κ2) is 6.33. The molecule has 1 heterocycles. The number of hydrogen-bond donors (Lipinski definition) is 2. The first-order valence-corrected chi connectivity index (χ1v) is 6.27. The third-order valence-corrected chi connectivity index (χ3v) is 2.81. The first-order chi connectivity index (χ1) is 9.54. The van der Waals surface area contributed by atoms with Gasteiger partial charge < -0.3 is 10.6 Å². The molecule has 0 saturated carbocycles. The number of carbonyl (C=O) groups is 1. The summed E-state index contributed by atoms with van der Waals surface area (Å²) in [6.45, 7) is 2.29. The van der Waals surface area contributed by atoms with Crippen LogP contribution in [0.15, 0.2) is 30.9 Å². The second-order valence-corrected chi connectivity index (χ2v) is 4.65. The van der Waals surface area contributed by atoms with Crippen molar-refractivity contribution in [2.45, 2.75) is 19.5 Å². The summed E-state index contributed by atoms with van der Waals surface area (Å²) in [4.78, 5) is 15.6. The zero-order valence-electron chi connectivity index (χ0n) is 10.7. The average molecular weight is 298 g/mol. The van der Waals surface area contributed by atoms with Crippen LogP contribution in [0.25, 0.3) is 0 Å². The quantitative estimate of drug-likeness (QED) is 0.909. The molecule has 0 spiro atoms. The third-order valence-electron chi connectivity index (χ3n) is 2.48. The predicted octanol–water partition coefficient (Wildman–Crippen LogP) is 2.28. The number of nitrogens with zero attached hydrogens (tertiary/aromatic N) is 3. The number of rotatable bonds is 4. The number of halogens is 2. The number of urea groups is 1.